The molecule has 1 aromatic rings. The van der Waals surface area contributed by atoms with E-state index in [9.17, 15) is 0 Å². The summed E-state index contributed by atoms with van der Waals surface area (Å²) in [4.78, 5) is 4.96. The molecule has 1 saturated heterocycles. The summed E-state index contributed by atoms with van der Waals surface area (Å²) < 4.78 is 1.93. The molecule has 0 amide bonds. The van der Waals surface area contributed by atoms with Gasteiger partial charge in [-0.2, -0.15) is 0 Å². The maximum atomic E-state index is 4.13. The number of hydrogen-bond acceptors (Lipinski definition) is 5. The highest BCUT2D eigenvalue weighted by atomic mass is 15.5. The first-order chi connectivity index (χ1) is 8.70. The Morgan fingerprint density at radius 1 is 1.17 bits per heavy atom. The SMILES string of the molecule is CCCn1nnnc1CN1CCN(C(C)C)CC1. The molecule has 1 fully saturated rings. The van der Waals surface area contributed by atoms with Gasteiger partial charge in [0.1, 0.15) is 0 Å². The molecule has 0 bridgehead atoms. The Hall–Kier alpha value is -1.01. The first-order valence-electron chi connectivity index (χ1n) is 6.92. The topological polar surface area (TPSA) is 50.1 Å². The second kappa shape index (κ2) is 6.24. The minimum absolute atomic E-state index is 0.651. The molecular formula is C12H24N6. The Balaban J connectivity index is 1.85. The first-order valence-corrected chi connectivity index (χ1v) is 6.92. The van der Waals surface area contributed by atoms with Gasteiger partial charge in [0.05, 0.1) is 6.54 Å². The van der Waals surface area contributed by atoms with Gasteiger partial charge in [-0.05, 0) is 30.7 Å². The molecular weight excluding hydrogens is 228 g/mol. The largest absolute Gasteiger partial charge is 0.298 e. The van der Waals surface area contributed by atoms with E-state index in [1.54, 1.807) is 0 Å². The van der Waals surface area contributed by atoms with Crippen molar-refractivity contribution in [2.75, 3.05) is 26.2 Å². The lowest BCUT2D eigenvalue weighted by atomic mass is 10.2. The fourth-order valence-corrected chi connectivity index (χ4v) is 2.36. The highest BCUT2D eigenvalue weighted by Crippen LogP contribution is 2.08. The van der Waals surface area contributed by atoms with Crippen LogP contribution in [0.4, 0.5) is 0 Å². The van der Waals surface area contributed by atoms with Crippen molar-refractivity contribution in [3.05, 3.63) is 5.82 Å². The normalized spacial score (nSPS) is 18.7. The van der Waals surface area contributed by atoms with E-state index < -0.39 is 0 Å². The van der Waals surface area contributed by atoms with Gasteiger partial charge >= 0.3 is 0 Å². The number of aromatic nitrogens is 4. The third-order valence-corrected chi connectivity index (χ3v) is 3.54. The van der Waals surface area contributed by atoms with Crippen LogP contribution in [0.5, 0.6) is 0 Å². The summed E-state index contributed by atoms with van der Waals surface area (Å²) in [5, 5.41) is 11.9. The van der Waals surface area contributed by atoms with Crippen LogP contribution >= 0.6 is 0 Å². The van der Waals surface area contributed by atoms with E-state index in [2.05, 4.69) is 46.1 Å². The summed E-state index contributed by atoms with van der Waals surface area (Å²) in [5.74, 6) is 0.995. The highest BCUT2D eigenvalue weighted by Gasteiger charge is 2.20. The molecule has 6 nitrogen and oxygen atoms in total. The van der Waals surface area contributed by atoms with E-state index >= 15 is 0 Å². The summed E-state index contributed by atoms with van der Waals surface area (Å²) in [6.07, 6.45) is 1.07. The van der Waals surface area contributed by atoms with E-state index in [-0.39, 0.29) is 0 Å². The Labute approximate surface area is 109 Å². The van der Waals surface area contributed by atoms with Gasteiger partial charge in [0, 0.05) is 38.8 Å². The average molecular weight is 252 g/mol. The van der Waals surface area contributed by atoms with Crippen LogP contribution in [0.2, 0.25) is 0 Å². The highest BCUT2D eigenvalue weighted by molar-refractivity contribution is 4.84. The molecule has 18 heavy (non-hydrogen) atoms. The second-order valence-corrected chi connectivity index (χ2v) is 5.22. The Morgan fingerprint density at radius 2 is 1.89 bits per heavy atom. The molecule has 0 spiro atoms. The zero-order valence-corrected chi connectivity index (χ0v) is 11.7. The molecule has 6 heteroatoms. The van der Waals surface area contributed by atoms with Crippen molar-refractivity contribution in [3.63, 3.8) is 0 Å². The zero-order valence-electron chi connectivity index (χ0n) is 11.7. The summed E-state index contributed by atoms with van der Waals surface area (Å²) in [6, 6.07) is 0.651. The van der Waals surface area contributed by atoms with E-state index in [4.69, 9.17) is 0 Å². The van der Waals surface area contributed by atoms with Crippen LogP contribution in [0.25, 0.3) is 0 Å². The van der Waals surface area contributed by atoms with Gasteiger partial charge in [-0.15, -0.1) is 5.10 Å². The minimum Gasteiger partial charge on any atom is -0.298 e. The van der Waals surface area contributed by atoms with E-state index in [1.165, 1.54) is 0 Å². The third kappa shape index (κ3) is 3.26. The smallest absolute Gasteiger partial charge is 0.165 e. The van der Waals surface area contributed by atoms with Crippen molar-refractivity contribution in [3.8, 4) is 0 Å². The maximum Gasteiger partial charge on any atom is 0.165 e. The van der Waals surface area contributed by atoms with Crippen molar-refractivity contribution in [2.24, 2.45) is 0 Å². The number of hydrogen-bond donors (Lipinski definition) is 0. The van der Waals surface area contributed by atoms with Crippen LogP contribution in [0.3, 0.4) is 0 Å². The lowest BCUT2D eigenvalue weighted by Crippen LogP contribution is -2.48. The maximum absolute atomic E-state index is 4.13. The monoisotopic (exact) mass is 252 g/mol. The number of nitrogens with zero attached hydrogens (tertiary/aromatic N) is 6. The second-order valence-electron chi connectivity index (χ2n) is 5.22. The molecule has 1 aromatic heterocycles. The van der Waals surface area contributed by atoms with Crippen LogP contribution in [0.15, 0.2) is 0 Å². The fourth-order valence-electron chi connectivity index (χ4n) is 2.36. The number of aryl methyl sites for hydroxylation is 1. The van der Waals surface area contributed by atoms with Crippen LogP contribution < -0.4 is 0 Å². The molecule has 102 valence electrons. The van der Waals surface area contributed by atoms with Gasteiger partial charge in [-0.25, -0.2) is 4.68 Å². The lowest BCUT2D eigenvalue weighted by Gasteiger charge is -2.36. The van der Waals surface area contributed by atoms with Crippen molar-refractivity contribution in [2.45, 2.75) is 46.3 Å². The van der Waals surface area contributed by atoms with Crippen LogP contribution in [-0.4, -0.2) is 62.2 Å². The van der Waals surface area contributed by atoms with Crippen LogP contribution in [0.1, 0.15) is 33.0 Å². The number of piperazine rings is 1. The molecule has 0 saturated carbocycles. The zero-order chi connectivity index (χ0) is 13.0. The van der Waals surface area contributed by atoms with Gasteiger partial charge in [0.15, 0.2) is 5.82 Å². The van der Waals surface area contributed by atoms with Crippen molar-refractivity contribution >= 4 is 0 Å². The fraction of sp³-hybridized carbons (Fsp3) is 0.917. The molecule has 1 aliphatic heterocycles. The van der Waals surface area contributed by atoms with Crippen molar-refractivity contribution in [1.82, 2.24) is 30.0 Å². The minimum atomic E-state index is 0.651. The quantitative estimate of drug-likeness (QED) is 0.768. The van der Waals surface area contributed by atoms with E-state index in [1.807, 2.05) is 4.68 Å². The van der Waals surface area contributed by atoms with Gasteiger partial charge in [-0.3, -0.25) is 9.80 Å². The average Bonchev–Trinajstić information content (AvgIpc) is 2.78. The molecule has 0 aromatic carbocycles. The Kier molecular flexibility index (Phi) is 4.66. The van der Waals surface area contributed by atoms with Gasteiger partial charge in [0.25, 0.3) is 0 Å². The molecule has 0 atom stereocenters. The number of rotatable bonds is 5. The van der Waals surface area contributed by atoms with Crippen LogP contribution in [-0.2, 0) is 13.1 Å². The van der Waals surface area contributed by atoms with Gasteiger partial charge in [0.2, 0.25) is 0 Å². The predicted molar refractivity (Wildman–Crippen MR) is 70.1 cm³/mol. The van der Waals surface area contributed by atoms with Gasteiger partial charge < -0.3 is 0 Å². The van der Waals surface area contributed by atoms with Gasteiger partial charge in [-0.1, -0.05) is 6.92 Å². The molecule has 0 N–H and O–H groups in total. The van der Waals surface area contributed by atoms with E-state index in [0.29, 0.717) is 6.04 Å². The summed E-state index contributed by atoms with van der Waals surface area (Å²) in [6.45, 7) is 13.0. The standard InChI is InChI=1S/C12H24N6/c1-4-5-18-12(13-14-15-18)10-16-6-8-17(9-7-16)11(2)3/h11H,4-10H2,1-3H3. The molecule has 0 radical (unpaired) electrons. The predicted octanol–water partition coefficient (Wildman–Crippen LogP) is 0.609. The van der Waals surface area contributed by atoms with Crippen LogP contribution in [0, 0.1) is 0 Å². The van der Waals surface area contributed by atoms with E-state index in [0.717, 1.165) is 51.5 Å². The molecule has 2 rings (SSSR count). The summed E-state index contributed by atoms with van der Waals surface area (Å²) in [7, 11) is 0. The van der Waals surface area contributed by atoms with Crippen molar-refractivity contribution in [1.29, 1.82) is 0 Å². The molecule has 2 heterocycles. The summed E-state index contributed by atoms with van der Waals surface area (Å²) in [5.41, 5.74) is 0. The Morgan fingerprint density at radius 3 is 2.50 bits per heavy atom. The third-order valence-electron chi connectivity index (χ3n) is 3.54. The number of tetrazole rings is 1. The van der Waals surface area contributed by atoms with Crippen molar-refractivity contribution < 1.29 is 0 Å². The summed E-state index contributed by atoms with van der Waals surface area (Å²) >= 11 is 0. The Bertz CT molecular complexity index is 353. The molecule has 0 unspecified atom stereocenters. The molecule has 0 aliphatic carbocycles. The molecule has 1 aliphatic rings. The lowest BCUT2D eigenvalue weighted by molar-refractivity contribution is 0.101. The first kappa shape index (κ1) is 13.4.